The molecule has 32 heavy (non-hydrogen) atoms. The van der Waals surface area contributed by atoms with Crippen molar-refractivity contribution in [1.82, 2.24) is 19.5 Å². The first-order valence-electron chi connectivity index (χ1n) is 10.2. The van der Waals surface area contributed by atoms with Gasteiger partial charge in [0.15, 0.2) is 5.13 Å². The van der Waals surface area contributed by atoms with Crippen molar-refractivity contribution in [3.8, 4) is 11.4 Å². The number of pyridine rings is 1. The zero-order valence-electron chi connectivity index (χ0n) is 17.4. The molecule has 0 saturated carbocycles. The Morgan fingerprint density at radius 1 is 1.12 bits per heavy atom. The lowest BCUT2D eigenvalue weighted by Crippen LogP contribution is -2.12. The Hall–Kier alpha value is -3.18. The van der Waals surface area contributed by atoms with E-state index in [0.29, 0.717) is 37.0 Å². The number of aromatic nitrogens is 4. The molecule has 0 saturated heterocycles. The topological polar surface area (TPSA) is 117 Å². The average Bonchev–Trinajstić information content (AvgIpc) is 3.46. The average molecular weight is 453 g/mol. The van der Waals surface area contributed by atoms with Gasteiger partial charge in [-0.15, -0.1) is 11.3 Å². The molecule has 3 aromatic heterocycles. The van der Waals surface area contributed by atoms with Gasteiger partial charge < -0.3 is 19.8 Å². The number of thiazole rings is 1. The van der Waals surface area contributed by atoms with Crippen LogP contribution in [0.25, 0.3) is 22.4 Å². The van der Waals surface area contributed by atoms with Crippen molar-refractivity contribution in [2.24, 2.45) is 5.73 Å². The number of ether oxygens (including phenoxy) is 2. The van der Waals surface area contributed by atoms with Crippen molar-refractivity contribution in [3.05, 3.63) is 59.9 Å². The summed E-state index contributed by atoms with van der Waals surface area (Å²) in [6.45, 7) is 2.59. The highest BCUT2D eigenvalue weighted by molar-refractivity contribution is 7.14. The zero-order valence-corrected chi connectivity index (χ0v) is 18.3. The summed E-state index contributed by atoms with van der Waals surface area (Å²) in [7, 11) is 0. The molecule has 0 spiro atoms. The normalized spacial score (nSPS) is 11.2. The Balaban J connectivity index is 1.34. The molecule has 0 aliphatic carbocycles. The lowest BCUT2D eigenvalue weighted by Gasteiger charge is -2.07. The monoisotopic (exact) mass is 452 g/mol. The van der Waals surface area contributed by atoms with Gasteiger partial charge in [0.2, 0.25) is 0 Å². The molecule has 0 bridgehead atoms. The number of nitrogens with zero attached hydrogens (tertiary/aromatic N) is 4. The first kappa shape index (κ1) is 22.0. The molecule has 0 fully saturated rings. The maximum absolute atomic E-state index is 12.7. The second-order valence-corrected chi connectivity index (χ2v) is 7.78. The number of carbonyl (C=O) groups excluding carboxylic acids is 1. The molecule has 0 unspecified atom stereocenters. The largest absolute Gasteiger partial charge is 0.355 e. The Morgan fingerprint density at radius 3 is 2.88 bits per heavy atom. The number of carbonyl (C=O) groups is 1. The third-order valence-corrected chi connectivity index (χ3v) is 5.43. The Kier molecular flexibility index (Phi) is 7.51. The van der Waals surface area contributed by atoms with E-state index in [4.69, 9.17) is 15.2 Å². The van der Waals surface area contributed by atoms with E-state index in [-0.39, 0.29) is 12.7 Å². The van der Waals surface area contributed by atoms with Crippen LogP contribution in [-0.4, -0.2) is 52.0 Å². The molecule has 1 amide bonds. The Labute approximate surface area is 189 Å². The molecule has 10 heteroatoms. The highest BCUT2D eigenvalue weighted by Crippen LogP contribution is 2.24. The number of anilines is 1. The van der Waals surface area contributed by atoms with Gasteiger partial charge >= 0.3 is 0 Å². The molecule has 1 aromatic carbocycles. The van der Waals surface area contributed by atoms with Crippen LogP contribution in [0.3, 0.4) is 0 Å². The second kappa shape index (κ2) is 10.9. The quantitative estimate of drug-likeness (QED) is 0.265. The van der Waals surface area contributed by atoms with E-state index >= 15 is 0 Å². The van der Waals surface area contributed by atoms with Crippen LogP contribution < -0.4 is 11.1 Å². The first-order chi connectivity index (χ1) is 15.7. The minimum atomic E-state index is -0.235. The van der Waals surface area contributed by atoms with Crippen molar-refractivity contribution >= 4 is 33.4 Å². The van der Waals surface area contributed by atoms with E-state index < -0.39 is 0 Å². The minimum absolute atomic E-state index is 0.235. The van der Waals surface area contributed by atoms with Gasteiger partial charge in [0.1, 0.15) is 12.5 Å². The highest BCUT2D eigenvalue weighted by atomic mass is 32.1. The summed E-state index contributed by atoms with van der Waals surface area (Å²) in [5, 5.41) is 5.24. The van der Waals surface area contributed by atoms with Crippen LogP contribution in [0, 0.1) is 0 Å². The smallest absolute Gasteiger partial charge is 0.257 e. The van der Waals surface area contributed by atoms with Crippen molar-refractivity contribution in [3.63, 3.8) is 0 Å². The fourth-order valence-electron chi connectivity index (χ4n) is 3.04. The van der Waals surface area contributed by atoms with Gasteiger partial charge in [-0.3, -0.25) is 15.1 Å². The summed E-state index contributed by atoms with van der Waals surface area (Å²) in [4.78, 5) is 25.8. The molecule has 9 nitrogen and oxygen atoms in total. The summed E-state index contributed by atoms with van der Waals surface area (Å²) in [6, 6.07) is 11.1. The summed E-state index contributed by atoms with van der Waals surface area (Å²) in [6.07, 6.45) is 4.27. The second-order valence-electron chi connectivity index (χ2n) is 6.93. The number of rotatable bonds is 11. The predicted molar refractivity (Wildman–Crippen MR) is 123 cm³/mol. The maximum atomic E-state index is 12.7. The fourth-order valence-corrected chi connectivity index (χ4v) is 3.74. The van der Waals surface area contributed by atoms with E-state index in [1.54, 1.807) is 24.7 Å². The predicted octanol–water partition coefficient (Wildman–Crippen LogP) is 3.15. The molecule has 3 heterocycles. The van der Waals surface area contributed by atoms with Crippen molar-refractivity contribution < 1.29 is 14.3 Å². The summed E-state index contributed by atoms with van der Waals surface area (Å²) in [5.41, 5.74) is 9.10. The van der Waals surface area contributed by atoms with Crippen LogP contribution in [0.4, 0.5) is 5.13 Å². The summed E-state index contributed by atoms with van der Waals surface area (Å²) < 4.78 is 12.8. The first-order valence-corrected chi connectivity index (χ1v) is 11.1. The van der Waals surface area contributed by atoms with Crippen LogP contribution in [0.2, 0.25) is 0 Å². The molecule has 0 atom stereocenters. The van der Waals surface area contributed by atoms with Gasteiger partial charge in [0.05, 0.1) is 36.3 Å². The van der Waals surface area contributed by atoms with Crippen molar-refractivity contribution in [2.75, 3.05) is 31.9 Å². The van der Waals surface area contributed by atoms with Crippen LogP contribution in [-0.2, 0) is 16.0 Å². The number of hydrogen-bond acceptors (Lipinski definition) is 8. The van der Waals surface area contributed by atoms with Gasteiger partial charge in [0, 0.05) is 23.7 Å². The minimum Gasteiger partial charge on any atom is -0.355 e. The molecule has 3 N–H and O–H groups in total. The Bertz CT molecular complexity index is 1160. The van der Waals surface area contributed by atoms with Gasteiger partial charge in [-0.05, 0) is 43.3 Å². The molecule has 4 rings (SSSR count). The molecular formula is C22H24N6O3S. The molecule has 0 aliphatic rings. The number of benzene rings is 1. The highest BCUT2D eigenvalue weighted by Gasteiger charge is 2.12. The SMILES string of the molecule is NCCCOCOCCn1cnc2cc(C(=O)Nc3nc(-c4ccccn4)cs3)ccc21. The number of hydrogen-bond donors (Lipinski definition) is 2. The lowest BCUT2D eigenvalue weighted by atomic mass is 10.2. The standard InChI is InChI=1S/C22H24N6O3S/c23-7-3-10-30-15-31-11-9-28-14-25-18-12-16(5-6-20(18)28)21(29)27-22-26-19(13-32-22)17-4-1-2-8-24-17/h1-2,4-6,8,12-14H,3,7,9-11,15,23H2,(H,26,27,29). The molecule has 4 aromatic rings. The number of imidazole rings is 1. The van der Waals surface area contributed by atoms with E-state index in [0.717, 1.165) is 28.8 Å². The van der Waals surface area contributed by atoms with E-state index in [1.165, 1.54) is 11.3 Å². The molecular weight excluding hydrogens is 428 g/mol. The van der Waals surface area contributed by atoms with Crippen LogP contribution in [0.5, 0.6) is 0 Å². The van der Waals surface area contributed by atoms with Gasteiger partial charge in [-0.25, -0.2) is 9.97 Å². The van der Waals surface area contributed by atoms with Crippen molar-refractivity contribution in [1.29, 1.82) is 0 Å². The van der Waals surface area contributed by atoms with Crippen LogP contribution >= 0.6 is 11.3 Å². The lowest BCUT2D eigenvalue weighted by molar-refractivity contribution is -0.0557. The van der Waals surface area contributed by atoms with Crippen LogP contribution in [0.1, 0.15) is 16.8 Å². The third-order valence-electron chi connectivity index (χ3n) is 4.67. The van der Waals surface area contributed by atoms with Crippen LogP contribution in [0.15, 0.2) is 54.3 Å². The van der Waals surface area contributed by atoms with E-state index in [2.05, 4.69) is 20.3 Å². The molecule has 0 radical (unpaired) electrons. The number of nitrogens with two attached hydrogens (primary N) is 1. The van der Waals surface area contributed by atoms with Crippen molar-refractivity contribution in [2.45, 2.75) is 13.0 Å². The molecule has 166 valence electrons. The van der Waals surface area contributed by atoms with Gasteiger partial charge in [0.25, 0.3) is 5.91 Å². The number of nitrogens with one attached hydrogen (secondary N) is 1. The molecule has 0 aliphatic heterocycles. The summed E-state index contributed by atoms with van der Waals surface area (Å²) in [5.74, 6) is -0.235. The van der Waals surface area contributed by atoms with Gasteiger partial charge in [-0.2, -0.15) is 0 Å². The summed E-state index contributed by atoms with van der Waals surface area (Å²) >= 11 is 1.36. The number of fused-ring (bicyclic) bond motifs is 1. The van der Waals surface area contributed by atoms with E-state index in [9.17, 15) is 4.79 Å². The Morgan fingerprint density at radius 2 is 2.03 bits per heavy atom. The zero-order chi connectivity index (χ0) is 22.2. The number of amides is 1. The maximum Gasteiger partial charge on any atom is 0.257 e. The van der Waals surface area contributed by atoms with E-state index in [1.807, 2.05) is 34.2 Å². The third kappa shape index (κ3) is 5.54. The van der Waals surface area contributed by atoms with Gasteiger partial charge in [-0.1, -0.05) is 6.07 Å². The fraction of sp³-hybridized carbons (Fsp3) is 0.273.